The van der Waals surface area contributed by atoms with Gasteiger partial charge in [-0.05, 0) is 6.92 Å². The predicted molar refractivity (Wildman–Crippen MR) is 102 cm³/mol. The molecule has 11 nitrogen and oxygen atoms in total. The number of hydrogen-bond acceptors (Lipinski definition) is 11. The van der Waals surface area contributed by atoms with Gasteiger partial charge < -0.3 is 19.7 Å². The van der Waals surface area contributed by atoms with E-state index < -0.39 is 44.3 Å². The van der Waals surface area contributed by atoms with Crippen molar-refractivity contribution in [3.63, 3.8) is 0 Å². The molecule has 2 N–H and O–H groups in total. The fraction of sp³-hybridized carbons (Fsp3) is 0.625. The predicted octanol–water partition coefficient (Wildman–Crippen LogP) is 1.37. The number of thiazole rings is 1. The number of ether oxygens (including phenoxy) is 2. The van der Waals surface area contributed by atoms with Gasteiger partial charge in [0.05, 0.1) is 31.3 Å². The van der Waals surface area contributed by atoms with Crippen LogP contribution < -0.4 is 5.32 Å². The number of aromatic nitrogens is 1. The van der Waals surface area contributed by atoms with Gasteiger partial charge in [-0.1, -0.05) is 13.8 Å². The van der Waals surface area contributed by atoms with Crippen molar-refractivity contribution < 1.29 is 42.3 Å². The average Bonchev–Trinajstić information content (AvgIpc) is 3.09. The minimum absolute atomic E-state index is 0.00521. The van der Waals surface area contributed by atoms with Crippen LogP contribution in [-0.2, 0) is 32.6 Å². The fourth-order valence-electron chi connectivity index (χ4n) is 2.29. The van der Waals surface area contributed by atoms with Crippen molar-refractivity contribution in [3.05, 3.63) is 16.1 Å². The van der Waals surface area contributed by atoms with Crippen molar-refractivity contribution in [2.75, 3.05) is 27.1 Å². The molecule has 1 aromatic heterocycles. The first-order chi connectivity index (χ1) is 13.6. The molecule has 1 aromatic rings. The number of esters is 2. The smallest absolute Gasteiger partial charge is 0.381 e. The monoisotopic (exact) mass is 451 g/mol. The molecule has 0 aromatic carbocycles. The first-order valence-corrected chi connectivity index (χ1v) is 11.0. The minimum Gasteiger partial charge on any atom is -0.469 e. The van der Waals surface area contributed by atoms with Crippen LogP contribution in [-0.4, -0.2) is 60.9 Å². The lowest BCUT2D eigenvalue weighted by molar-refractivity contribution is -0.146. The van der Waals surface area contributed by atoms with Crippen LogP contribution in [0.5, 0.6) is 0 Å². The minimum atomic E-state index is -3.90. The molecule has 1 radical (unpaired) electrons. The van der Waals surface area contributed by atoms with Gasteiger partial charge in [0.15, 0.2) is 6.10 Å². The lowest BCUT2D eigenvalue weighted by atomic mass is 9.87. The summed E-state index contributed by atoms with van der Waals surface area (Å²) in [6.45, 7) is 4.48. The molecule has 1 fully saturated rings. The van der Waals surface area contributed by atoms with E-state index in [4.69, 9.17) is 18.3 Å². The van der Waals surface area contributed by atoms with E-state index in [-0.39, 0.29) is 19.6 Å². The van der Waals surface area contributed by atoms with Gasteiger partial charge in [0, 0.05) is 12.0 Å². The highest BCUT2D eigenvalue weighted by Gasteiger charge is 2.50. The van der Waals surface area contributed by atoms with Crippen LogP contribution in [0, 0.1) is 12.3 Å². The fourth-order valence-corrected chi connectivity index (χ4v) is 4.51. The topological polar surface area (TPSA) is 143 Å². The Labute approximate surface area is 172 Å². The molecule has 13 heteroatoms. The summed E-state index contributed by atoms with van der Waals surface area (Å²) in [5, 5.41) is 2.55. The quantitative estimate of drug-likeness (QED) is 0.338. The zero-order chi connectivity index (χ0) is 21.7. The largest absolute Gasteiger partial charge is 0.469 e. The zero-order valence-electron chi connectivity index (χ0n) is 16.5. The van der Waals surface area contributed by atoms with E-state index in [1.54, 1.807) is 20.8 Å². The van der Waals surface area contributed by atoms with Gasteiger partial charge in [-0.2, -0.15) is 0 Å². The molecule has 0 aliphatic carbocycles. The third-order valence-electron chi connectivity index (χ3n) is 3.98. The van der Waals surface area contributed by atoms with Crippen molar-refractivity contribution in [1.29, 1.82) is 0 Å². The summed E-state index contributed by atoms with van der Waals surface area (Å²) in [7, 11) is -2.65. The Morgan fingerprint density at radius 2 is 2.17 bits per heavy atom. The maximum absolute atomic E-state index is 12.5. The van der Waals surface area contributed by atoms with E-state index >= 15 is 0 Å². The molecular formula is C16H24N2O9PS. The van der Waals surface area contributed by atoms with Gasteiger partial charge in [0.25, 0.3) is 0 Å². The number of methoxy groups -OCH3 is 1. The number of aryl methyl sites for hydroxylation is 1. The Morgan fingerprint density at radius 1 is 1.45 bits per heavy atom. The maximum atomic E-state index is 12.5. The highest BCUT2D eigenvalue weighted by molar-refractivity contribution is 7.55. The molecule has 0 saturated carbocycles. The number of hydrogen-bond donors (Lipinski definition) is 2. The molecule has 1 saturated heterocycles. The third kappa shape index (κ3) is 6.39. The molecule has 2 heterocycles. The number of carbonyl (C=O) groups excluding carboxylic acids is 3. The molecule has 1 aliphatic rings. The summed E-state index contributed by atoms with van der Waals surface area (Å²) in [5.41, 5.74) is 1.25. The molecule has 1 aliphatic heterocycles. The highest BCUT2D eigenvalue weighted by atomic mass is 32.1. The molecule has 1 amide bonds. The van der Waals surface area contributed by atoms with E-state index in [1.807, 2.05) is 0 Å². The van der Waals surface area contributed by atoms with Gasteiger partial charge >= 0.3 is 20.1 Å². The van der Waals surface area contributed by atoms with Crippen molar-refractivity contribution in [2.45, 2.75) is 33.3 Å². The van der Waals surface area contributed by atoms with E-state index in [0.29, 0.717) is 10.6 Å². The van der Waals surface area contributed by atoms with Crippen LogP contribution in [0.25, 0.3) is 0 Å². The molecular weight excluding hydrogens is 427 g/mol. The van der Waals surface area contributed by atoms with Crippen molar-refractivity contribution >= 4 is 37.4 Å². The number of amides is 1. The van der Waals surface area contributed by atoms with Crippen LogP contribution >= 0.6 is 19.5 Å². The molecule has 163 valence electrons. The van der Waals surface area contributed by atoms with E-state index in [2.05, 4.69) is 15.0 Å². The Balaban J connectivity index is 1.90. The first kappa shape index (κ1) is 23.6. The van der Waals surface area contributed by atoms with Gasteiger partial charge in [0.1, 0.15) is 4.88 Å². The van der Waals surface area contributed by atoms with Gasteiger partial charge in [-0.3, -0.25) is 23.2 Å². The second-order valence-corrected chi connectivity index (χ2v) is 9.30. The Hall–Kier alpha value is -1.69. The second kappa shape index (κ2) is 9.88. The Morgan fingerprint density at radius 3 is 2.79 bits per heavy atom. The number of nitrogens with zero attached hydrogens (tertiary/aromatic N) is 1. The van der Waals surface area contributed by atoms with Gasteiger partial charge in [-0.15, -0.1) is 11.3 Å². The van der Waals surface area contributed by atoms with Crippen molar-refractivity contribution in [1.82, 2.24) is 10.3 Å². The first-order valence-electron chi connectivity index (χ1n) is 8.59. The maximum Gasteiger partial charge on any atom is 0.381 e. The standard InChI is InChI=1S/C16H24N2O9PS/c1-10-12(29-8-18-10)15(21)24-9-26-28(22)25-7-16(2,3)13(27-28)14(20)17-6-5-11(19)23-4/h8,13,22H,5-7,9H2,1-4H3,(H,17,20)/t13-/m0/s1. The van der Waals surface area contributed by atoms with Crippen LogP contribution in [0.2, 0.25) is 0 Å². The lowest BCUT2D eigenvalue weighted by Gasteiger charge is -2.43. The summed E-state index contributed by atoms with van der Waals surface area (Å²) in [6, 6.07) is 0. The second-order valence-electron chi connectivity index (χ2n) is 6.78. The van der Waals surface area contributed by atoms with Gasteiger partial charge in [-0.25, -0.2) is 9.78 Å². The average molecular weight is 451 g/mol. The summed E-state index contributed by atoms with van der Waals surface area (Å²) in [6.07, 6.45) is -1.11. The highest BCUT2D eigenvalue weighted by Crippen LogP contribution is 2.63. The van der Waals surface area contributed by atoms with E-state index in [1.165, 1.54) is 12.6 Å². The summed E-state index contributed by atoms with van der Waals surface area (Å²) >= 11 is 1.12. The number of carbonyl (C=O) groups is 3. The lowest BCUT2D eigenvalue weighted by Crippen LogP contribution is -2.50. The Bertz CT molecular complexity index is 757. The van der Waals surface area contributed by atoms with Crippen molar-refractivity contribution in [3.8, 4) is 0 Å². The van der Waals surface area contributed by atoms with Crippen LogP contribution in [0.4, 0.5) is 0 Å². The number of nitrogens with one attached hydrogen (secondary N) is 1. The summed E-state index contributed by atoms with van der Waals surface area (Å²) in [5.74, 6) is -1.67. The van der Waals surface area contributed by atoms with Gasteiger partial charge in [0.2, 0.25) is 12.7 Å². The molecule has 0 unspecified atom stereocenters. The summed E-state index contributed by atoms with van der Waals surface area (Å²) in [4.78, 5) is 50.3. The normalized spacial score (nSPS) is 23.3. The van der Waals surface area contributed by atoms with Crippen LogP contribution in [0.15, 0.2) is 5.51 Å². The van der Waals surface area contributed by atoms with E-state index in [0.717, 1.165) is 11.3 Å². The molecule has 2 atom stereocenters. The SMILES string of the molecule is COC(=O)CCNC(=O)[C@@H]1O[P@@](O)(OCOC(=O)c2scnc2C)OCC1(C)C. The van der Waals surface area contributed by atoms with E-state index in [9.17, 15) is 19.3 Å². The Kier molecular flexibility index (Phi) is 8.03. The molecule has 0 spiro atoms. The molecule has 29 heavy (non-hydrogen) atoms. The third-order valence-corrected chi connectivity index (χ3v) is 6.25. The zero-order valence-corrected chi connectivity index (χ0v) is 18.2. The number of rotatable bonds is 8. The summed E-state index contributed by atoms with van der Waals surface area (Å²) < 4.78 is 25.3. The van der Waals surface area contributed by atoms with Crippen LogP contribution in [0.1, 0.15) is 35.6 Å². The van der Waals surface area contributed by atoms with Crippen molar-refractivity contribution in [2.24, 2.45) is 5.41 Å². The van der Waals surface area contributed by atoms with Crippen LogP contribution in [0.3, 0.4) is 0 Å². The molecule has 2 rings (SSSR count). The molecule has 0 bridgehead atoms.